The van der Waals surface area contributed by atoms with Gasteiger partial charge in [0.2, 0.25) is 0 Å². The van der Waals surface area contributed by atoms with E-state index in [9.17, 15) is 10.1 Å². The Morgan fingerprint density at radius 3 is 2.71 bits per heavy atom. The van der Waals surface area contributed by atoms with Gasteiger partial charge in [-0.15, -0.1) is 11.3 Å². The summed E-state index contributed by atoms with van der Waals surface area (Å²) in [4.78, 5) is 16.7. The average molecular weight is 346 g/mol. The zero-order valence-corrected chi connectivity index (χ0v) is 14.9. The van der Waals surface area contributed by atoms with Crippen molar-refractivity contribution < 1.29 is 9.82 Å². The zero-order valence-electron chi connectivity index (χ0n) is 14.1. The number of benzene rings is 1. The molecule has 0 bridgehead atoms. The van der Waals surface area contributed by atoms with E-state index in [4.69, 9.17) is 4.98 Å². The summed E-state index contributed by atoms with van der Waals surface area (Å²) >= 11 is 1.69. The number of fused-ring (bicyclic) bond motifs is 1. The lowest BCUT2D eigenvalue weighted by atomic mass is 10.3. The van der Waals surface area contributed by atoms with Gasteiger partial charge in [-0.25, -0.2) is 9.67 Å². The van der Waals surface area contributed by atoms with E-state index >= 15 is 0 Å². The largest absolute Gasteiger partial charge is 0.312 e. The van der Waals surface area contributed by atoms with E-state index in [1.165, 1.54) is 9.60 Å². The SMILES string of the molecule is Cc1nn(C[NH+](C)[C@@H](C)c2nc3ccccc3s2)c(C)c1[N+](=O)[O-]. The van der Waals surface area contributed by atoms with Gasteiger partial charge in [0.05, 0.1) is 22.2 Å². The fourth-order valence-electron chi connectivity index (χ4n) is 2.76. The standard InChI is InChI=1S/C16H19N5O2S/c1-10-15(21(22)23)11(2)20(18-10)9-19(4)12(3)16-17-13-7-5-6-8-14(13)24-16/h5-8,12H,9H2,1-4H3/p+1/t12-/m0/s1. The molecule has 0 amide bonds. The second kappa shape index (κ2) is 6.29. The molecule has 0 saturated carbocycles. The van der Waals surface area contributed by atoms with Crippen LogP contribution in [0.2, 0.25) is 0 Å². The van der Waals surface area contributed by atoms with Crippen LogP contribution in [0, 0.1) is 24.0 Å². The number of nitrogens with one attached hydrogen (secondary N) is 1. The fourth-order valence-corrected chi connectivity index (χ4v) is 3.88. The topological polar surface area (TPSA) is 78.3 Å². The third kappa shape index (κ3) is 2.90. The second-order valence-electron chi connectivity index (χ2n) is 6.02. The molecule has 1 unspecified atom stereocenters. The molecule has 24 heavy (non-hydrogen) atoms. The van der Waals surface area contributed by atoms with Gasteiger partial charge in [-0.3, -0.25) is 10.1 Å². The molecule has 8 heteroatoms. The Balaban J connectivity index is 1.83. The van der Waals surface area contributed by atoms with E-state index in [1.54, 1.807) is 29.9 Å². The minimum Gasteiger partial charge on any atom is -0.311 e. The minimum absolute atomic E-state index is 0.107. The van der Waals surface area contributed by atoms with Gasteiger partial charge < -0.3 is 4.90 Å². The zero-order chi connectivity index (χ0) is 17.4. The summed E-state index contributed by atoms with van der Waals surface area (Å²) in [5.41, 5.74) is 2.17. The summed E-state index contributed by atoms with van der Waals surface area (Å²) in [6.07, 6.45) is 0. The number of nitro groups is 1. The Bertz CT molecular complexity index is 868. The number of rotatable bonds is 5. The summed E-state index contributed by atoms with van der Waals surface area (Å²) in [6.45, 7) is 6.09. The molecule has 1 N–H and O–H groups in total. The van der Waals surface area contributed by atoms with Crippen LogP contribution in [0.3, 0.4) is 0 Å². The molecule has 0 aliphatic heterocycles. The van der Waals surface area contributed by atoms with Gasteiger partial charge in [-0.05, 0) is 32.9 Å². The highest BCUT2D eigenvalue weighted by Crippen LogP contribution is 2.25. The molecule has 0 radical (unpaired) electrons. The molecule has 0 spiro atoms. The third-order valence-corrected chi connectivity index (χ3v) is 5.56. The van der Waals surface area contributed by atoms with Crippen molar-refractivity contribution >= 4 is 27.2 Å². The first kappa shape index (κ1) is 16.5. The highest BCUT2D eigenvalue weighted by Gasteiger charge is 2.25. The van der Waals surface area contributed by atoms with Crippen molar-refractivity contribution in [1.82, 2.24) is 14.8 Å². The van der Waals surface area contributed by atoms with E-state index in [0.717, 1.165) is 10.5 Å². The van der Waals surface area contributed by atoms with Gasteiger partial charge in [0.25, 0.3) is 0 Å². The van der Waals surface area contributed by atoms with Gasteiger partial charge in [0.15, 0.2) is 11.7 Å². The van der Waals surface area contributed by atoms with Crippen LogP contribution in [-0.4, -0.2) is 26.7 Å². The van der Waals surface area contributed by atoms with E-state index in [1.807, 2.05) is 18.2 Å². The Kier molecular flexibility index (Phi) is 4.33. The van der Waals surface area contributed by atoms with Crippen LogP contribution in [-0.2, 0) is 6.67 Å². The summed E-state index contributed by atoms with van der Waals surface area (Å²) in [5, 5.41) is 16.5. The molecule has 3 rings (SSSR count). The Morgan fingerprint density at radius 1 is 1.38 bits per heavy atom. The number of quaternary nitrogens is 1. The molecule has 0 saturated heterocycles. The van der Waals surface area contributed by atoms with Gasteiger partial charge in [0, 0.05) is 0 Å². The lowest BCUT2D eigenvalue weighted by Crippen LogP contribution is -3.08. The normalized spacial score (nSPS) is 14.0. The van der Waals surface area contributed by atoms with Crippen molar-refractivity contribution in [2.24, 2.45) is 0 Å². The maximum atomic E-state index is 11.1. The third-order valence-electron chi connectivity index (χ3n) is 4.35. The summed E-state index contributed by atoms with van der Waals surface area (Å²) in [7, 11) is 2.05. The predicted octanol–water partition coefficient (Wildman–Crippen LogP) is 2.25. The van der Waals surface area contributed by atoms with Crippen LogP contribution in [0.15, 0.2) is 24.3 Å². The molecule has 2 atom stereocenters. The number of aromatic nitrogens is 3. The smallest absolute Gasteiger partial charge is 0.311 e. The number of hydrogen-bond donors (Lipinski definition) is 1. The molecule has 7 nitrogen and oxygen atoms in total. The van der Waals surface area contributed by atoms with Crippen LogP contribution < -0.4 is 4.90 Å². The lowest BCUT2D eigenvalue weighted by Gasteiger charge is -2.20. The summed E-state index contributed by atoms with van der Waals surface area (Å²) in [6, 6.07) is 8.26. The predicted molar refractivity (Wildman–Crippen MR) is 93.3 cm³/mol. The molecule has 0 aliphatic rings. The van der Waals surface area contributed by atoms with E-state index < -0.39 is 0 Å². The Morgan fingerprint density at radius 2 is 2.08 bits per heavy atom. The number of hydrogen-bond acceptors (Lipinski definition) is 5. The van der Waals surface area contributed by atoms with Crippen molar-refractivity contribution in [3.63, 3.8) is 0 Å². The maximum Gasteiger partial charge on any atom is 0.312 e. The molecular formula is C16H20N5O2S+. The van der Waals surface area contributed by atoms with Crippen LogP contribution in [0.1, 0.15) is 29.4 Å². The van der Waals surface area contributed by atoms with Crippen LogP contribution in [0.4, 0.5) is 5.69 Å². The van der Waals surface area contributed by atoms with Crippen molar-refractivity contribution in [3.8, 4) is 0 Å². The van der Waals surface area contributed by atoms with Crippen molar-refractivity contribution in [2.45, 2.75) is 33.5 Å². The first-order chi connectivity index (χ1) is 11.4. The van der Waals surface area contributed by atoms with Gasteiger partial charge in [-0.2, -0.15) is 5.10 Å². The van der Waals surface area contributed by atoms with Gasteiger partial charge >= 0.3 is 5.69 Å². The Hall–Kier alpha value is -2.32. The summed E-state index contributed by atoms with van der Waals surface area (Å²) in [5.74, 6) is 0. The molecule has 3 aromatic rings. The first-order valence-corrected chi connectivity index (χ1v) is 8.56. The van der Waals surface area contributed by atoms with Crippen LogP contribution in [0.25, 0.3) is 10.2 Å². The van der Waals surface area contributed by atoms with Crippen molar-refractivity contribution in [1.29, 1.82) is 0 Å². The second-order valence-corrected chi connectivity index (χ2v) is 7.08. The highest BCUT2D eigenvalue weighted by molar-refractivity contribution is 7.18. The van der Waals surface area contributed by atoms with E-state index in [-0.39, 0.29) is 16.7 Å². The molecule has 2 heterocycles. The first-order valence-electron chi connectivity index (χ1n) is 7.74. The lowest BCUT2D eigenvalue weighted by molar-refractivity contribution is -0.933. The Labute approximate surface area is 143 Å². The fraction of sp³-hybridized carbons (Fsp3) is 0.375. The van der Waals surface area contributed by atoms with E-state index in [2.05, 4.69) is 25.1 Å². The number of thiazole rings is 1. The number of para-hydroxylation sites is 1. The highest BCUT2D eigenvalue weighted by atomic mass is 32.1. The molecular weight excluding hydrogens is 326 g/mol. The van der Waals surface area contributed by atoms with Crippen molar-refractivity contribution in [3.05, 3.63) is 50.8 Å². The van der Waals surface area contributed by atoms with Crippen molar-refractivity contribution in [2.75, 3.05) is 7.05 Å². The van der Waals surface area contributed by atoms with Gasteiger partial charge in [0.1, 0.15) is 17.4 Å². The average Bonchev–Trinajstić information content (AvgIpc) is 3.07. The van der Waals surface area contributed by atoms with E-state index in [0.29, 0.717) is 18.1 Å². The molecule has 0 fully saturated rings. The van der Waals surface area contributed by atoms with Crippen LogP contribution in [0.5, 0.6) is 0 Å². The number of nitrogens with zero attached hydrogens (tertiary/aromatic N) is 4. The van der Waals surface area contributed by atoms with Crippen LogP contribution >= 0.6 is 11.3 Å². The molecule has 0 aliphatic carbocycles. The molecule has 1 aromatic carbocycles. The van der Waals surface area contributed by atoms with Gasteiger partial charge in [-0.1, -0.05) is 12.1 Å². The molecule has 126 valence electrons. The quantitative estimate of drug-likeness (QED) is 0.568. The molecule has 2 aromatic heterocycles. The summed E-state index contributed by atoms with van der Waals surface area (Å²) < 4.78 is 2.89. The monoisotopic (exact) mass is 346 g/mol. The number of aryl methyl sites for hydroxylation is 1. The minimum atomic E-state index is -0.361. The maximum absolute atomic E-state index is 11.1.